The van der Waals surface area contributed by atoms with Crippen LogP contribution in [0.1, 0.15) is 77.1 Å². The summed E-state index contributed by atoms with van der Waals surface area (Å²) in [6, 6.07) is 10.5. The molecule has 0 bridgehead atoms. The minimum atomic E-state index is -1.00. The first-order valence-corrected chi connectivity index (χ1v) is 14.7. The monoisotopic (exact) mass is 585 g/mol. The highest BCUT2D eigenvalue weighted by atomic mass is 32.1. The Kier molecular flexibility index (Phi) is 12.6. The molecular weight excluding hydrogens is 538 g/mol. The van der Waals surface area contributed by atoms with Crippen molar-refractivity contribution in [3.63, 3.8) is 0 Å². The van der Waals surface area contributed by atoms with Crippen LogP contribution in [0, 0.1) is 19.8 Å². The number of methoxy groups -OCH3 is 1. The van der Waals surface area contributed by atoms with E-state index in [1.807, 2.05) is 39.0 Å². The summed E-state index contributed by atoms with van der Waals surface area (Å²) < 4.78 is 10.7. The smallest absolute Gasteiger partial charge is 0.408 e. The molecule has 0 aliphatic carbocycles. The molecule has 0 fully saturated rings. The van der Waals surface area contributed by atoms with Crippen LogP contribution in [0.2, 0.25) is 0 Å². The largest absolute Gasteiger partial charge is 0.497 e. The van der Waals surface area contributed by atoms with E-state index in [0.29, 0.717) is 29.3 Å². The van der Waals surface area contributed by atoms with Gasteiger partial charge in [-0.15, -0.1) is 0 Å². The number of hydrogen-bond donors (Lipinski definition) is 3. The number of anilines is 1. The van der Waals surface area contributed by atoms with E-state index < -0.39 is 29.7 Å². The van der Waals surface area contributed by atoms with Gasteiger partial charge in [-0.05, 0) is 101 Å². The van der Waals surface area contributed by atoms with Crippen LogP contribution in [0.3, 0.4) is 0 Å². The van der Waals surface area contributed by atoms with Gasteiger partial charge >= 0.3 is 6.09 Å². The Labute approximate surface area is 251 Å². The molecule has 41 heavy (non-hydrogen) atoms. The Morgan fingerprint density at radius 3 is 2.10 bits per heavy atom. The first-order valence-electron chi connectivity index (χ1n) is 14.1. The molecule has 3 atom stereocenters. The SMILES string of the molecule is COc1ccc(NC(=O)C(c2ccc(C)c(C)c2)N(C(=O)C(CS)NC(=O)OC(C)(C)C)C(C)CCC(C)C)cc1. The van der Waals surface area contributed by atoms with Crippen LogP contribution in [0.4, 0.5) is 10.5 Å². The van der Waals surface area contributed by atoms with Gasteiger partial charge in [-0.25, -0.2) is 4.79 Å². The van der Waals surface area contributed by atoms with Crippen molar-refractivity contribution in [2.45, 2.75) is 92.0 Å². The van der Waals surface area contributed by atoms with Gasteiger partial charge in [0.15, 0.2) is 0 Å². The van der Waals surface area contributed by atoms with Gasteiger partial charge < -0.3 is 25.0 Å². The number of thiol groups is 1. The lowest BCUT2D eigenvalue weighted by atomic mass is 9.95. The molecule has 0 radical (unpaired) electrons. The summed E-state index contributed by atoms with van der Waals surface area (Å²) in [7, 11) is 1.58. The van der Waals surface area contributed by atoms with Gasteiger partial charge in [0.2, 0.25) is 5.91 Å². The number of amides is 3. The molecule has 3 unspecified atom stereocenters. The summed E-state index contributed by atoms with van der Waals surface area (Å²) >= 11 is 4.39. The Morgan fingerprint density at radius 2 is 1.59 bits per heavy atom. The maximum Gasteiger partial charge on any atom is 0.408 e. The minimum absolute atomic E-state index is 0.0330. The molecule has 0 heterocycles. The minimum Gasteiger partial charge on any atom is -0.497 e. The normalized spacial score (nSPS) is 13.6. The lowest BCUT2D eigenvalue weighted by Crippen LogP contribution is -2.55. The van der Waals surface area contributed by atoms with Crippen molar-refractivity contribution in [3.8, 4) is 5.75 Å². The van der Waals surface area contributed by atoms with Crippen LogP contribution in [0.15, 0.2) is 42.5 Å². The average Bonchev–Trinajstić information content (AvgIpc) is 2.89. The predicted molar refractivity (Wildman–Crippen MR) is 168 cm³/mol. The second kappa shape index (κ2) is 15.1. The molecule has 0 aliphatic rings. The highest BCUT2D eigenvalue weighted by Gasteiger charge is 2.38. The van der Waals surface area contributed by atoms with Crippen LogP contribution < -0.4 is 15.4 Å². The third kappa shape index (κ3) is 10.3. The zero-order valence-corrected chi connectivity index (χ0v) is 26.8. The summed E-state index contributed by atoms with van der Waals surface area (Å²) in [6.07, 6.45) is 0.812. The molecule has 0 saturated carbocycles. The van der Waals surface area contributed by atoms with Crippen molar-refractivity contribution in [2.75, 3.05) is 18.2 Å². The fraction of sp³-hybridized carbons (Fsp3) is 0.531. The van der Waals surface area contributed by atoms with Gasteiger partial charge in [-0.3, -0.25) is 9.59 Å². The number of benzene rings is 2. The van der Waals surface area contributed by atoms with Gasteiger partial charge in [0.05, 0.1) is 7.11 Å². The van der Waals surface area contributed by atoms with Gasteiger partial charge in [-0.1, -0.05) is 32.0 Å². The zero-order chi connectivity index (χ0) is 30.9. The summed E-state index contributed by atoms with van der Waals surface area (Å²) in [4.78, 5) is 42.6. The van der Waals surface area contributed by atoms with Gasteiger partial charge in [0.1, 0.15) is 23.4 Å². The van der Waals surface area contributed by atoms with Crippen molar-refractivity contribution >= 4 is 36.2 Å². The van der Waals surface area contributed by atoms with Crippen molar-refractivity contribution in [2.24, 2.45) is 5.92 Å². The topological polar surface area (TPSA) is 97.0 Å². The van der Waals surface area contributed by atoms with E-state index in [1.54, 1.807) is 57.0 Å². The van der Waals surface area contributed by atoms with Crippen LogP contribution in [-0.4, -0.2) is 53.4 Å². The maximum atomic E-state index is 14.3. The van der Waals surface area contributed by atoms with Crippen molar-refractivity contribution in [3.05, 3.63) is 59.2 Å². The molecule has 226 valence electrons. The number of hydrogen-bond acceptors (Lipinski definition) is 6. The van der Waals surface area contributed by atoms with Gasteiger partial charge in [0, 0.05) is 17.5 Å². The highest BCUT2D eigenvalue weighted by Crippen LogP contribution is 2.30. The molecule has 2 aromatic carbocycles. The fourth-order valence-corrected chi connectivity index (χ4v) is 4.63. The molecule has 0 spiro atoms. The maximum absolute atomic E-state index is 14.3. The second-order valence-corrected chi connectivity index (χ2v) is 12.3. The van der Waals surface area contributed by atoms with Crippen molar-refractivity contribution in [1.82, 2.24) is 10.2 Å². The number of nitrogens with one attached hydrogen (secondary N) is 2. The Bertz CT molecular complexity index is 1180. The third-order valence-electron chi connectivity index (χ3n) is 6.79. The molecule has 2 N–H and O–H groups in total. The van der Waals surface area contributed by atoms with E-state index in [0.717, 1.165) is 17.5 Å². The van der Waals surface area contributed by atoms with Crippen LogP contribution in [0.5, 0.6) is 5.75 Å². The fourth-order valence-electron chi connectivity index (χ4n) is 4.39. The number of aryl methyl sites for hydroxylation is 2. The summed E-state index contributed by atoms with van der Waals surface area (Å²) in [5, 5.41) is 5.67. The molecule has 8 nitrogen and oxygen atoms in total. The van der Waals surface area contributed by atoms with Crippen molar-refractivity contribution in [1.29, 1.82) is 0 Å². The quantitative estimate of drug-likeness (QED) is 0.248. The first-order chi connectivity index (χ1) is 19.2. The van der Waals surface area contributed by atoms with E-state index in [1.165, 1.54) is 0 Å². The molecule has 9 heteroatoms. The molecule has 0 saturated heterocycles. The molecule has 0 aromatic heterocycles. The molecule has 3 amide bonds. The first kappa shape index (κ1) is 34.0. The lowest BCUT2D eigenvalue weighted by molar-refractivity contribution is -0.143. The van der Waals surface area contributed by atoms with E-state index in [2.05, 4.69) is 37.1 Å². The Balaban J connectivity index is 2.59. The number of rotatable bonds is 12. The third-order valence-corrected chi connectivity index (χ3v) is 7.16. The standard InChI is InChI=1S/C32H47N3O5S/c1-20(2)10-12-23(5)35(30(37)27(19-41)34-31(38)40-32(6,7)8)28(24-13-11-21(3)22(4)18-24)29(36)33-25-14-16-26(39-9)17-15-25/h11,13-18,20,23,27-28,41H,10,12,19H2,1-9H3,(H,33,36)(H,34,38). The predicted octanol–water partition coefficient (Wildman–Crippen LogP) is 6.47. The van der Waals surface area contributed by atoms with Gasteiger partial charge in [-0.2, -0.15) is 12.6 Å². The van der Waals surface area contributed by atoms with Crippen LogP contribution in [0.25, 0.3) is 0 Å². The number of nitrogens with zero attached hydrogens (tertiary/aromatic N) is 1. The summed E-state index contributed by atoms with van der Waals surface area (Å²) in [5.74, 6) is 0.333. The van der Waals surface area contributed by atoms with Crippen LogP contribution >= 0.6 is 12.6 Å². The average molecular weight is 586 g/mol. The zero-order valence-electron chi connectivity index (χ0n) is 25.9. The Morgan fingerprint density at radius 1 is 0.951 bits per heavy atom. The molecule has 2 rings (SSSR count). The molecule has 2 aromatic rings. The lowest BCUT2D eigenvalue weighted by Gasteiger charge is -2.38. The van der Waals surface area contributed by atoms with E-state index in [-0.39, 0.29) is 17.7 Å². The Hall–Kier alpha value is -3.20. The summed E-state index contributed by atoms with van der Waals surface area (Å²) in [5.41, 5.74) is 2.60. The van der Waals surface area contributed by atoms with Gasteiger partial charge in [0.25, 0.3) is 5.91 Å². The van der Waals surface area contributed by atoms with E-state index >= 15 is 0 Å². The number of carbonyl (C=O) groups is 3. The van der Waals surface area contributed by atoms with Crippen LogP contribution in [-0.2, 0) is 14.3 Å². The second-order valence-electron chi connectivity index (χ2n) is 11.9. The summed E-state index contributed by atoms with van der Waals surface area (Å²) in [6.45, 7) is 15.4. The van der Waals surface area contributed by atoms with Crippen molar-refractivity contribution < 1.29 is 23.9 Å². The molecular formula is C32H47N3O5S. The van der Waals surface area contributed by atoms with E-state index in [4.69, 9.17) is 9.47 Å². The highest BCUT2D eigenvalue weighted by molar-refractivity contribution is 7.80. The number of ether oxygens (including phenoxy) is 2. The molecule has 0 aliphatic heterocycles. The number of alkyl carbamates (subject to hydrolysis) is 1. The number of carbonyl (C=O) groups excluding carboxylic acids is 3. The van der Waals surface area contributed by atoms with E-state index in [9.17, 15) is 14.4 Å².